The number of halogens is 2. The lowest BCUT2D eigenvalue weighted by molar-refractivity contribution is 0.101. The lowest BCUT2D eigenvalue weighted by Gasteiger charge is -2.01. The second kappa shape index (κ2) is 1.93. The standard InChI is InChI=1S/C4H5F2NS/c1-3-4(5)8-2-7(3)6/h2H2,1H3. The highest BCUT2D eigenvalue weighted by molar-refractivity contribution is 8.03. The van der Waals surface area contributed by atoms with Gasteiger partial charge in [-0.05, 0) is 6.92 Å². The highest BCUT2D eigenvalue weighted by Crippen LogP contribution is 2.32. The first kappa shape index (κ1) is 5.88. The van der Waals surface area contributed by atoms with Crippen LogP contribution in [-0.4, -0.2) is 11.0 Å². The Balaban J connectivity index is 2.71. The summed E-state index contributed by atoms with van der Waals surface area (Å²) in [6.07, 6.45) is 0. The summed E-state index contributed by atoms with van der Waals surface area (Å²) < 4.78 is 24.2. The van der Waals surface area contributed by atoms with Gasteiger partial charge in [0.1, 0.15) is 5.88 Å². The number of nitrogens with zero attached hydrogens (tertiary/aromatic N) is 1. The van der Waals surface area contributed by atoms with Crippen molar-refractivity contribution in [3.8, 4) is 0 Å². The zero-order valence-corrected chi connectivity index (χ0v) is 5.13. The smallest absolute Gasteiger partial charge is 0.179 e. The summed E-state index contributed by atoms with van der Waals surface area (Å²) >= 11 is 0.877. The van der Waals surface area contributed by atoms with E-state index in [-0.39, 0.29) is 11.6 Å². The molecular weight excluding hydrogens is 132 g/mol. The van der Waals surface area contributed by atoms with E-state index in [1.165, 1.54) is 6.92 Å². The number of allylic oxidation sites excluding steroid dienone is 1. The van der Waals surface area contributed by atoms with Crippen LogP contribution >= 0.6 is 11.8 Å². The summed E-state index contributed by atoms with van der Waals surface area (Å²) in [4.78, 5) is 0. The summed E-state index contributed by atoms with van der Waals surface area (Å²) in [5.41, 5.74) is 0.0926. The fourth-order valence-corrected chi connectivity index (χ4v) is 1.14. The molecule has 0 saturated heterocycles. The van der Waals surface area contributed by atoms with E-state index in [0.717, 1.165) is 11.8 Å². The average molecular weight is 137 g/mol. The molecule has 1 aliphatic heterocycles. The third-order valence-electron chi connectivity index (χ3n) is 0.953. The van der Waals surface area contributed by atoms with Gasteiger partial charge in [-0.3, -0.25) is 0 Å². The largest absolute Gasteiger partial charge is 0.202 e. The van der Waals surface area contributed by atoms with Gasteiger partial charge in [-0.1, -0.05) is 16.2 Å². The molecule has 0 aromatic carbocycles. The van der Waals surface area contributed by atoms with Crippen LogP contribution in [0.3, 0.4) is 0 Å². The van der Waals surface area contributed by atoms with Crippen LogP contribution in [0.15, 0.2) is 10.9 Å². The molecule has 1 heterocycles. The van der Waals surface area contributed by atoms with Crippen LogP contribution in [0, 0.1) is 0 Å². The summed E-state index contributed by atoms with van der Waals surface area (Å²) in [7, 11) is 0. The summed E-state index contributed by atoms with van der Waals surface area (Å²) in [5.74, 6) is 0.0949. The lowest BCUT2D eigenvalue weighted by Crippen LogP contribution is -2.02. The van der Waals surface area contributed by atoms with Crippen molar-refractivity contribution in [1.82, 2.24) is 5.12 Å². The van der Waals surface area contributed by atoms with Gasteiger partial charge in [0.25, 0.3) is 0 Å². The van der Waals surface area contributed by atoms with E-state index in [2.05, 4.69) is 0 Å². The van der Waals surface area contributed by atoms with Crippen molar-refractivity contribution < 1.29 is 8.87 Å². The first-order chi connectivity index (χ1) is 3.72. The predicted octanol–water partition coefficient (Wildman–Crippen LogP) is 2.04. The molecule has 0 aromatic heterocycles. The minimum absolute atomic E-state index is 0.0926. The zero-order valence-electron chi connectivity index (χ0n) is 4.32. The third kappa shape index (κ3) is 0.798. The number of thioether (sulfide) groups is 1. The Labute approximate surface area is 50.3 Å². The maximum Gasteiger partial charge on any atom is 0.179 e. The maximum absolute atomic E-state index is 12.1. The summed E-state index contributed by atoms with van der Waals surface area (Å²) in [5, 5.41) is -0.0208. The number of hydrogen-bond donors (Lipinski definition) is 0. The Kier molecular flexibility index (Phi) is 1.42. The zero-order chi connectivity index (χ0) is 6.15. The van der Waals surface area contributed by atoms with E-state index in [1.54, 1.807) is 0 Å². The highest BCUT2D eigenvalue weighted by Gasteiger charge is 2.18. The number of hydrogen-bond acceptors (Lipinski definition) is 2. The Bertz CT molecular complexity index is 134. The summed E-state index contributed by atoms with van der Waals surface area (Å²) in [6, 6.07) is 0. The van der Waals surface area contributed by atoms with Gasteiger partial charge in [-0.15, -0.1) is 0 Å². The number of rotatable bonds is 0. The first-order valence-electron chi connectivity index (χ1n) is 2.14. The molecule has 4 heteroatoms. The van der Waals surface area contributed by atoms with E-state index in [0.29, 0.717) is 5.12 Å². The fourth-order valence-electron chi connectivity index (χ4n) is 0.410. The molecular formula is C4H5F2NS. The molecule has 1 rings (SSSR count). The predicted molar refractivity (Wildman–Crippen MR) is 29.2 cm³/mol. The van der Waals surface area contributed by atoms with Gasteiger partial charge in [0.15, 0.2) is 5.16 Å². The molecule has 0 aromatic rings. The van der Waals surface area contributed by atoms with E-state index >= 15 is 0 Å². The average Bonchev–Trinajstić information content (AvgIpc) is 1.98. The van der Waals surface area contributed by atoms with Crippen LogP contribution in [0.25, 0.3) is 0 Å². The van der Waals surface area contributed by atoms with Crippen LogP contribution < -0.4 is 0 Å². The van der Waals surface area contributed by atoms with E-state index < -0.39 is 5.16 Å². The van der Waals surface area contributed by atoms with Gasteiger partial charge in [0, 0.05) is 0 Å². The van der Waals surface area contributed by atoms with Gasteiger partial charge < -0.3 is 0 Å². The van der Waals surface area contributed by atoms with Gasteiger partial charge in [-0.2, -0.15) is 4.39 Å². The van der Waals surface area contributed by atoms with Crippen LogP contribution in [0.5, 0.6) is 0 Å². The molecule has 0 fully saturated rings. The molecule has 8 heavy (non-hydrogen) atoms. The van der Waals surface area contributed by atoms with Crippen molar-refractivity contribution >= 4 is 11.8 Å². The molecule has 0 radical (unpaired) electrons. The Hall–Kier alpha value is -0.250. The molecule has 0 unspecified atom stereocenters. The molecule has 1 aliphatic rings. The summed E-state index contributed by atoms with van der Waals surface area (Å²) in [6.45, 7) is 1.41. The second-order valence-electron chi connectivity index (χ2n) is 1.49. The van der Waals surface area contributed by atoms with E-state index in [1.807, 2.05) is 0 Å². The molecule has 0 atom stereocenters. The molecule has 0 saturated carbocycles. The Morgan fingerprint density at radius 3 is 2.50 bits per heavy atom. The van der Waals surface area contributed by atoms with E-state index in [4.69, 9.17) is 0 Å². The topological polar surface area (TPSA) is 3.24 Å². The van der Waals surface area contributed by atoms with Crippen molar-refractivity contribution in [2.24, 2.45) is 0 Å². The van der Waals surface area contributed by atoms with Crippen molar-refractivity contribution in [2.45, 2.75) is 6.92 Å². The van der Waals surface area contributed by atoms with Crippen molar-refractivity contribution in [3.05, 3.63) is 10.9 Å². The molecule has 46 valence electrons. The van der Waals surface area contributed by atoms with Crippen molar-refractivity contribution in [1.29, 1.82) is 0 Å². The quantitative estimate of drug-likeness (QED) is 0.470. The molecule has 0 N–H and O–H groups in total. The van der Waals surface area contributed by atoms with Gasteiger partial charge in [0.2, 0.25) is 0 Å². The maximum atomic E-state index is 12.1. The minimum atomic E-state index is -0.410. The fraction of sp³-hybridized carbons (Fsp3) is 0.500. The minimum Gasteiger partial charge on any atom is -0.202 e. The van der Waals surface area contributed by atoms with Crippen LogP contribution in [-0.2, 0) is 0 Å². The highest BCUT2D eigenvalue weighted by atomic mass is 32.2. The van der Waals surface area contributed by atoms with Gasteiger partial charge in [0.05, 0.1) is 5.70 Å². The molecule has 0 amide bonds. The van der Waals surface area contributed by atoms with Crippen molar-refractivity contribution in [2.75, 3.05) is 5.88 Å². The third-order valence-corrected chi connectivity index (χ3v) is 1.86. The normalized spacial score (nSPS) is 20.6. The molecule has 1 nitrogen and oxygen atoms in total. The SMILES string of the molecule is CC1=C(F)SCN1F. The van der Waals surface area contributed by atoms with Crippen LogP contribution in [0.4, 0.5) is 8.87 Å². The van der Waals surface area contributed by atoms with Crippen molar-refractivity contribution in [3.63, 3.8) is 0 Å². The van der Waals surface area contributed by atoms with Gasteiger partial charge in [-0.25, -0.2) is 5.12 Å². The van der Waals surface area contributed by atoms with Crippen LogP contribution in [0.2, 0.25) is 0 Å². The van der Waals surface area contributed by atoms with Gasteiger partial charge >= 0.3 is 0 Å². The monoisotopic (exact) mass is 137 g/mol. The Morgan fingerprint density at radius 2 is 2.38 bits per heavy atom. The van der Waals surface area contributed by atoms with Crippen LogP contribution in [0.1, 0.15) is 6.92 Å². The van der Waals surface area contributed by atoms with E-state index in [9.17, 15) is 8.87 Å². The molecule has 0 aliphatic carbocycles. The first-order valence-corrected chi connectivity index (χ1v) is 3.13. The second-order valence-corrected chi connectivity index (χ2v) is 2.40. The lowest BCUT2D eigenvalue weighted by atomic mass is 10.6. The molecule has 0 bridgehead atoms. The molecule has 0 spiro atoms. The Morgan fingerprint density at radius 1 is 1.75 bits per heavy atom.